The summed E-state index contributed by atoms with van der Waals surface area (Å²) in [5, 5.41) is 4.56. The molecule has 0 heterocycles. The van der Waals surface area contributed by atoms with Gasteiger partial charge in [0, 0.05) is 21.7 Å². The number of halogens is 1. The maximum atomic E-state index is 12.3. The van der Waals surface area contributed by atoms with Gasteiger partial charge in [0.1, 0.15) is 0 Å². The zero-order valence-corrected chi connectivity index (χ0v) is 13.8. The van der Waals surface area contributed by atoms with Crippen LogP contribution in [0.5, 0.6) is 0 Å². The van der Waals surface area contributed by atoms with Gasteiger partial charge in [0.05, 0.1) is 4.90 Å². The first-order valence-electron chi connectivity index (χ1n) is 6.92. The first kappa shape index (κ1) is 16.4. The van der Waals surface area contributed by atoms with E-state index in [1.165, 1.54) is 18.2 Å². The number of carbonyl (C=O) groups is 1. The fourth-order valence-electron chi connectivity index (χ4n) is 2.33. The lowest BCUT2D eigenvalue weighted by Crippen LogP contribution is -2.12. The number of benzene rings is 3. The lowest BCUT2D eigenvalue weighted by molar-refractivity contribution is 0.102. The van der Waals surface area contributed by atoms with Crippen molar-refractivity contribution in [3.05, 3.63) is 71.2 Å². The topological polar surface area (TPSA) is 83.5 Å². The minimum absolute atomic E-state index is 0.198. The smallest absolute Gasteiger partial charge is 0.294 e. The minimum atomic E-state index is -4.28. The predicted molar refractivity (Wildman–Crippen MR) is 93.2 cm³/mol. The average molecular weight is 362 g/mol. The van der Waals surface area contributed by atoms with Crippen LogP contribution in [0.2, 0.25) is 5.02 Å². The van der Waals surface area contributed by atoms with Crippen molar-refractivity contribution in [2.75, 3.05) is 5.32 Å². The van der Waals surface area contributed by atoms with E-state index in [2.05, 4.69) is 5.32 Å². The molecule has 0 unspecified atom stereocenters. The van der Waals surface area contributed by atoms with Crippen molar-refractivity contribution in [2.45, 2.75) is 4.90 Å². The number of anilines is 1. The maximum Gasteiger partial charge on any atom is 0.294 e. The Kier molecular flexibility index (Phi) is 4.28. The number of hydrogen-bond acceptors (Lipinski definition) is 3. The molecule has 5 nitrogen and oxygen atoms in total. The summed E-state index contributed by atoms with van der Waals surface area (Å²) in [4.78, 5) is 12.1. The number of rotatable bonds is 3. The van der Waals surface area contributed by atoms with Crippen molar-refractivity contribution >= 4 is 44.1 Å². The van der Waals surface area contributed by atoms with E-state index in [9.17, 15) is 13.2 Å². The van der Waals surface area contributed by atoms with Crippen LogP contribution in [0, 0.1) is 0 Å². The summed E-state index contributed by atoms with van der Waals surface area (Å²) in [5.41, 5.74) is 0.986. The molecule has 0 bridgehead atoms. The van der Waals surface area contributed by atoms with Gasteiger partial charge in [-0.2, -0.15) is 8.42 Å². The van der Waals surface area contributed by atoms with Gasteiger partial charge in [-0.3, -0.25) is 9.35 Å². The maximum absolute atomic E-state index is 12.3. The molecule has 0 spiro atoms. The summed E-state index contributed by atoms with van der Waals surface area (Å²) in [6, 6.07) is 15.7. The molecule has 0 fully saturated rings. The van der Waals surface area contributed by atoms with E-state index < -0.39 is 10.1 Å². The zero-order chi connectivity index (χ0) is 17.3. The van der Waals surface area contributed by atoms with E-state index in [0.29, 0.717) is 27.0 Å². The summed E-state index contributed by atoms with van der Waals surface area (Å²) in [7, 11) is -4.28. The van der Waals surface area contributed by atoms with Crippen molar-refractivity contribution in [1.29, 1.82) is 0 Å². The molecule has 0 radical (unpaired) electrons. The molecule has 7 heteroatoms. The molecular formula is C17H12ClNO4S. The van der Waals surface area contributed by atoms with Crippen molar-refractivity contribution < 1.29 is 17.8 Å². The van der Waals surface area contributed by atoms with Crippen LogP contribution in [0.4, 0.5) is 5.69 Å². The van der Waals surface area contributed by atoms with Gasteiger partial charge in [0.15, 0.2) is 0 Å². The van der Waals surface area contributed by atoms with Gasteiger partial charge >= 0.3 is 0 Å². The fraction of sp³-hybridized carbons (Fsp3) is 0. The molecule has 0 aliphatic heterocycles. The number of fused-ring (bicyclic) bond motifs is 1. The number of nitrogens with one attached hydrogen (secondary N) is 1. The molecule has 0 saturated heterocycles. The molecule has 2 N–H and O–H groups in total. The Hall–Kier alpha value is -2.41. The van der Waals surface area contributed by atoms with Crippen LogP contribution < -0.4 is 5.32 Å². The van der Waals surface area contributed by atoms with Gasteiger partial charge in [-0.15, -0.1) is 0 Å². The molecule has 3 aromatic rings. The lowest BCUT2D eigenvalue weighted by Gasteiger charge is -2.10. The van der Waals surface area contributed by atoms with Crippen molar-refractivity contribution in [3.63, 3.8) is 0 Å². The normalized spacial score (nSPS) is 11.4. The van der Waals surface area contributed by atoms with E-state index >= 15 is 0 Å². The summed E-state index contributed by atoms with van der Waals surface area (Å²) in [6.45, 7) is 0. The third kappa shape index (κ3) is 3.41. The highest BCUT2D eigenvalue weighted by Crippen LogP contribution is 2.26. The van der Waals surface area contributed by atoms with Gasteiger partial charge in [0.25, 0.3) is 16.0 Å². The second kappa shape index (κ2) is 6.24. The first-order chi connectivity index (χ1) is 11.3. The Morgan fingerprint density at radius 2 is 1.71 bits per heavy atom. The SMILES string of the molecule is O=C(Nc1cccc2cc(S(=O)(=O)O)ccc12)c1ccc(Cl)cc1. The molecule has 122 valence electrons. The van der Waals surface area contributed by atoms with Crippen LogP contribution in [0.3, 0.4) is 0 Å². The molecule has 0 aliphatic carbocycles. The Morgan fingerprint density at radius 1 is 1.00 bits per heavy atom. The second-order valence-corrected chi connectivity index (χ2v) is 6.98. The van der Waals surface area contributed by atoms with Gasteiger partial charge in [0.2, 0.25) is 0 Å². The second-order valence-electron chi connectivity index (χ2n) is 5.12. The molecule has 0 saturated carbocycles. The van der Waals surface area contributed by atoms with Crippen LogP contribution in [0.15, 0.2) is 65.6 Å². The monoisotopic (exact) mass is 361 g/mol. The number of amides is 1. The van der Waals surface area contributed by atoms with Gasteiger partial charge < -0.3 is 5.32 Å². The first-order valence-corrected chi connectivity index (χ1v) is 8.73. The lowest BCUT2D eigenvalue weighted by atomic mass is 10.1. The van der Waals surface area contributed by atoms with Crippen molar-refractivity contribution in [3.8, 4) is 0 Å². The van der Waals surface area contributed by atoms with E-state index in [-0.39, 0.29) is 10.8 Å². The third-order valence-electron chi connectivity index (χ3n) is 3.50. The molecule has 3 rings (SSSR count). The summed E-state index contributed by atoms with van der Waals surface area (Å²) in [5.74, 6) is -0.307. The zero-order valence-electron chi connectivity index (χ0n) is 12.2. The van der Waals surface area contributed by atoms with Crippen LogP contribution in [-0.4, -0.2) is 18.9 Å². The molecule has 0 atom stereocenters. The Labute approximate surface area is 143 Å². The van der Waals surface area contributed by atoms with E-state index in [0.717, 1.165) is 0 Å². The highest BCUT2D eigenvalue weighted by atomic mass is 35.5. The van der Waals surface area contributed by atoms with Crippen LogP contribution >= 0.6 is 11.6 Å². The molecule has 0 aliphatic rings. The Morgan fingerprint density at radius 3 is 2.38 bits per heavy atom. The third-order valence-corrected chi connectivity index (χ3v) is 4.61. The Balaban J connectivity index is 1.98. The summed E-state index contributed by atoms with van der Waals surface area (Å²) >= 11 is 5.81. The Bertz CT molecular complexity index is 1030. The van der Waals surface area contributed by atoms with Crippen molar-refractivity contribution in [1.82, 2.24) is 0 Å². The molecule has 3 aromatic carbocycles. The number of hydrogen-bond donors (Lipinski definition) is 2. The van der Waals surface area contributed by atoms with Gasteiger partial charge in [-0.25, -0.2) is 0 Å². The summed E-state index contributed by atoms with van der Waals surface area (Å²) in [6.07, 6.45) is 0. The van der Waals surface area contributed by atoms with Crippen LogP contribution in [-0.2, 0) is 10.1 Å². The summed E-state index contributed by atoms with van der Waals surface area (Å²) < 4.78 is 31.6. The molecule has 24 heavy (non-hydrogen) atoms. The highest BCUT2D eigenvalue weighted by Gasteiger charge is 2.12. The van der Waals surface area contributed by atoms with Gasteiger partial charge in [-0.05, 0) is 47.9 Å². The molecule has 1 amide bonds. The van der Waals surface area contributed by atoms with Crippen LogP contribution in [0.25, 0.3) is 10.8 Å². The van der Waals surface area contributed by atoms with E-state index in [1.807, 2.05) is 0 Å². The van der Waals surface area contributed by atoms with Crippen LogP contribution in [0.1, 0.15) is 10.4 Å². The van der Waals surface area contributed by atoms with E-state index in [4.69, 9.17) is 16.2 Å². The number of carbonyl (C=O) groups excluding carboxylic acids is 1. The standard InChI is InChI=1S/C17H12ClNO4S/c18-13-6-4-11(5-7-13)17(20)19-16-3-1-2-12-10-14(24(21,22)23)8-9-15(12)16/h1-10H,(H,19,20)(H,21,22,23). The highest BCUT2D eigenvalue weighted by molar-refractivity contribution is 7.85. The molecular weight excluding hydrogens is 350 g/mol. The largest absolute Gasteiger partial charge is 0.321 e. The quantitative estimate of drug-likeness (QED) is 0.691. The minimum Gasteiger partial charge on any atom is -0.321 e. The fourth-order valence-corrected chi connectivity index (χ4v) is 2.97. The average Bonchev–Trinajstić information content (AvgIpc) is 2.54. The van der Waals surface area contributed by atoms with Crippen molar-refractivity contribution in [2.24, 2.45) is 0 Å². The molecule has 0 aromatic heterocycles. The van der Waals surface area contributed by atoms with Gasteiger partial charge in [-0.1, -0.05) is 29.8 Å². The predicted octanol–water partition coefficient (Wildman–Crippen LogP) is 3.99. The van der Waals surface area contributed by atoms with E-state index in [1.54, 1.807) is 42.5 Å².